The van der Waals surface area contributed by atoms with E-state index < -0.39 is 28.4 Å². The lowest BCUT2D eigenvalue weighted by atomic mass is 10.0. The fraction of sp³-hybridized carbons (Fsp3) is 0.462. The van der Waals surface area contributed by atoms with Crippen molar-refractivity contribution in [3.8, 4) is 0 Å². The highest BCUT2D eigenvalue weighted by Gasteiger charge is 2.38. The smallest absolute Gasteiger partial charge is 0.333 e. The summed E-state index contributed by atoms with van der Waals surface area (Å²) < 4.78 is 7.66. The maximum Gasteiger partial charge on any atom is 0.333 e. The SMILES string of the molecule is CCOOCc1sc2c(c1C)c(=O)n(C(C)(C)C(=O)OC(C)(C)C)c(=O)n2CC(=O)c1ccccc1. The summed E-state index contributed by atoms with van der Waals surface area (Å²) in [6.45, 7) is 11.7. The first-order valence-corrected chi connectivity index (χ1v) is 12.5. The molecular weight excluding hydrogens is 484 g/mol. The average molecular weight is 517 g/mol. The molecular formula is C26H32N2O7S. The van der Waals surface area contributed by atoms with E-state index in [1.807, 2.05) is 0 Å². The molecule has 0 amide bonds. The molecule has 0 fully saturated rings. The number of benzene rings is 1. The van der Waals surface area contributed by atoms with Crippen LogP contribution in [-0.4, -0.2) is 33.1 Å². The van der Waals surface area contributed by atoms with Gasteiger partial charge in [-0.15, -0.1) is 11.3 Å². The molecule has 2 aromatic heterocycles. The number of thiophene rings is 1. The molecule has 9 nitrogen and oxygen atoms in total. The van der Waals surface area contributed by atoms with Crippen LogP contribution in [0.15, 0.2) is 39.9 Å². The average Bonchev–Trinajstić information content (AvgIpc) is 3.12. The van der Waals surface area contributed by atoms with Crippen molar-refractivity contribution in [3.63, 3.8) is 0 Å². The number of nitrogens with zero attached hydrogens (tertiary/aromatic N) is 2. The van der Waals surface area contributed by atoms with Gasteiger partial charge in [0.25, 0.3) is 5.56 Å². The summed E-state index contributed by atoms with van der Waals surface area (Å²) in [6, 6.07) is 8.57. The van der Waals surface area contributed by atoms with Gasteiger partial charge in [-0.3, -0.25) is 14.2 Å². The van der Waals surface area contributed by atoms with E-state index in [-0.39, 0.29) is 24.3 Å². The quantitative estimate of drug-likeness (QED) is 0.139. The Labute approximate surface area is 213 Å². The Bertz CT molecular complexity index is 1390. The zero-order chi connectivity index (χ0) is 26.8. The number of hydrogen-bond donors (Lipinski definition) is 0. The molecule has 0 N–H and O–H groups in total. The third-order valence-electron chi connectivity index (χ3n) is 5.56. The van der Waals surface area contributed by atoms with Crippen molar-refractivity contribution < 1.29 is 24.1 Å². The van der Waals surface area contributed by atoms with Gasteiger partial charge < -0.3 is 4.74 Å². The zero-order valence-electron chi connectivity index (χ0n) is 21.7. The van der Waals surface area contributed by atoms with Crippen molar-refractivity contribution in [2.45, 2.75) is 72.8 Å². The molecule has 0 spiro atoms. The Morgan fingerprint density at radius 2 is 1.64 bits per heavy atom. The number of carbonyl (C=O) groups excluding carboxylic acids is 2. The molecule has 0 aliphatic rings. The van der Waals surface area contributed by atoms with E-state index in [1.165, 1.54) is 29.8 Å². The molecule has 1 aromatic carbocycles. The van der Waals surface area contributed by atoms with Gasteiger partial charge in [0.1, 0.15) is 22.6 Å². The molecule has 36 heavy (non-hydrogen) atoms. The largest absolute Gasteiger partial charge is 0.458 e. The third kappa shape index (κ3) is 5.50. The first-order chi connectivity index (χ1) is 16.8. The second kappa shape index (κ2) is 10.5. The fourth-order valence-electron chi connectivity index (χ4n) is 3.69. The van der Waals surface area contributed by atoms with Gasteiger partial charge in [0.15, 0.2) is 5.78 Å². The Morgan fingerprint density at radius 3 is 2.22 bits per heavy atom. The predicted molar refractivity (Wildman–Crippen MR) is 137 cm³/mol. The van der Waals surface area contributed by atoms with E-state index in [1.54, 1.807) is 65.0 Å². The Balaban J connectivity index is 2.27. The first kappa shape index (κ1) is 27.5. The number of fused-ring (bicyclic) bond motifs is 1. The molecule has 0 atom stereocenters. The second-order valence-electron chi connectivity index (χ2n) is 9.86. The van der Waals surface area contributed by atoms with Crippen molar-refractivity contribution >= 4 is 33.3 Å². The summed E-state index contributed by atoms with van der Waals surface area (Å²) in [4.78, 5) is 64.9. The molecule has 0 bridgehead atoms. The minimum atomic E-state index is -1.64. The molecule has 2 heterocycles. The van der Waals surface area contributed by atoms with Crippen molar-refractivity contribution in [2.24, 2.45) is 0 Å². The van der Waals surface area contributed by atoms with Gasteiger partial charge in [-0.2, -0.15) is 0 Å². The van der Waals surface area contributed by atoms with E-state index in [0.717, 1.165) is 4.57 Å². The molecule has 194 valence electrons. The standard InChI is InChI=1S/C26H32N2O7S/c1-8-33-34-15-19-16(2)20-21(30)28(26(6,7)23(31)35-25(3,4)5)24(32)27(22(20)36-19)14-18(29)17-12-10-9-11-13-17/h9-13H,8,14-15H2,1-7H3. The van der Waals surface area contributed by atoms with Crippen LogP contribution in [0.4, 0.5) is 0 Å². The number of carbonyl (C=O) groups is 2. The highest BCUT2D eigenvalue weighted by atomic mass is 32.1. The molecule has 0 saturated heterocycles. The van der Waals surface area contributed by atoms with Crippen LogP contribution in [0.3, 0.4) is 0 Å². The number of aryl methyl sites for hydroxylation is 1. The van der Waals surface area contributed by atoms with E-state index in [4.69, 9.17) is 14.5 Å². The summed E-state index contributed by atoms with van der Waals surface area (Å²) in [5.41, 5.74) is -2.85. The van der Waals surface area contributed by atoms with Gasteiger partial charge in [0.2, 0.25) is 0 Å². The van der Waals surface area contributed by atoms with Gasteiger partial charge in [-0.25, -0.2) is 23.9 Å². The van der Waals surface area contributed by atoms with Gasteiger partial charge in [0.05, 0.1) is 18.5 Å². The molecule has 0 aliphatic heterocycles. The number of hydrogen-bond acceptors (Lipinski definition) is 8. The lowest BCUT2D eigenvalue weighted by molar-refractivity contribution is -0.300. The fourth-order valence-corrected chi connectivity index (χ4v) is 4.89. The molecule has 10 heteroatoms. The number of ether oxygens (including phenoxy) is 1. The lowest BCUT2D eigenvalue weighted by Crippen LogP contribution is -2.54. The van der Waals surface area contributed by atoms with Crippen molar-refractivity contribution in [3.05, 3.63) is 67.2 Å². The van der Waals surface area contributed by atoms with Crippen LogP contribution in [0.25, 0.3) is 10.2 Å². The van der Waals surface area contributed by atoms with Crippen LogP contribution >= 0.6 is 11.3 Å². The van der Waals surface area contributed by atoms with Crippen molar-refractivity contribution in [1.82, 2.24) is 9.13 Å². The number of esters is 1. The van der Waals surface area contributed by atoms with Gasteiger partial charge in [0, 0.05) is 10.4 Å². The number of aromatic nitrogens is 2. The summed E-state index contributed by atoms with van der Waals surface area (Å²) in [5.74, 6) is -1.04. The highest BCUT2D eigenvalue weighted by molar-refractivity contribution is 7.18. The Morgan fingerprint density at radius 1 is 1.00 bits per heavy atom. The van der Waals surface area contributed by atoms with Crippen LogP contribution in [0.1, 0.15) is 62.3 Å². The number of Topliss-reactive ketones (excluding diaryl/α,β-unsaturated/α-hetero) is 1. The summed E-state index contributed by atoms with van der Waals surface area (Å²) in [6.07, 6.45) is 0. The molecule has 3 aromatic rings. The highest BCUT2D eigenvalue weighted by Crippen LogP contribution is 2.30. The molecule has 0 unspecified atom stereocenters. The summed E-state index contributed by atoms with van der Waals surface area (Å²) in [5, 5.41) is 0.243. The lowest BCUT2D eigenvalue weighted by Gasteiger charge is -2.30. The van der Waals surface area contributed by atoms with Crippen LogP contribution in [0.5, 0.6) is 0 Å². The zero-order valence-corrected chi connectivity index (χ0v) is 22.5. The van der Waals surface area contributed by atoms with Crippen LogP contribution < -0.4 is 11.2 Å². The van der Waals surface area contributed by atoms with E-state index in [0.29, 0.717) is 27.4 Å². The predicted octanol–water partition coefficient (Wildman–Crippen LogP) is 3.96. The second-order valence-corrected chi connectivity index (χ2v) is 10.9. The molecule has 3 rings (SSSR count). The summed E-state index contributed by atoms with van der Waals surface area (Å²) >= 11 is 1.18. The molecule has 0 aliphatic carbocycles. The monoisotopic (exact) mass is 516 g/mol. The Hall–Kier alpha value is -3.08. The van der Waals surface area contributed by atoms with Crippen LogP contribution in [0.2, 0.25) is 0 Å². The van der Waals surface area contributed by atoms with Gasteiger partial charge in [-0.1, -0.05) is 30.3 Å². The Kier molecular flexibility index (Phi) is 8.02. The van der Waals surface area contributed by atoms with Gasteiger partial charge in [-0.05, 0) is 54.0 Å². The number of ketones is 1. The van der Waals surface area contributed by atoms with Crippen LogP contribution in [0, 0.1) is 6.92 Å². The first-order valence-electron chi connectivity index (χ1n) is 11.6. The normalized spacial score (nSPS) is 12.2. The number of rotatable bonds is 9. The minimum absolute atomic E-state index is 0.0642. The van der Waals surface area contributed by atoms with E-state index in [9.17, 15) is 19.2 Å². The topological polar surface area (TPSA) is 106 Å². The molecule has 0 saturated carbocycles. The van der Waals surface area contributed by atoms with Crippen LogP contribution in [-0.2, 0) is 38.0 Å². The maximum absolute atomic E-state index is 13.8. The molecule has 0 radical (unpaired) electrons. The van der Waals surface area contributed by atoms with E-state index in [2.05, 4.69) is 0 Å². The summed E-state index contributed by atoms with van der Waals surface area (Å²) in [7, 11) is 0. The minimum Gasteiger partial charge on any atom is -0.458 e. The van der Waals surface area contributed by atoms with E-state index >= 15 is 0 Å². The van der Waals surface area contributed by atoms with Crippen molar-refractivity contribution in [2.75, 3.05) is 6.61 Å². The third-order valence-corrected chi connectivity index (χ3v) is 6.85. The van der Waals surface area contributed by atoms with Gasteiger partial charge >= 0.3 is 11.7 Å². The van der Waals surface area contributed by atoms with Crippen molar-refractivity contribution in [1.29, 1.82) is 0 Å². The maximum atomic E-state index is 13.8.